The number of phenolic OH excluding ortho intramolecular Hbond substituents is 2. The smallest absolute Gasteiger partial charge is 0.229 e. The molecule has 4 heterocycles. The summed E-state index contributed by atoms with van der Waals surface area (Å²) in [5.41, 5.74) is 0.767. The van der Waals surface area contributed by atoms with Crippen molar-refractivity contribution in [1.29, 1.82) is 0 Å². The molecule has 2 aromatic rings. The Labute approximate surface area is 183 Å². The molecule has 0 amide bonds. The summed E-state index contributed by atoms with van der Waals surface area (Å²) >= 11 is 0. The first kappa shape index (κ1) is 20.2. The van der Waals surface area contributed by atoms with Gasteiger partial charge in [0.15, 0.2) is 0 Å². The third kappa shape index (κ3) is 4.49. The quantitative estimate of drug-likeness (QED) is 0.709. The number of hydrogen-bond acceptors (Lipinski definition) is 8. The molecule has 0 atom stereocenters. The fourth-order valence-electron chi connectivity index (χ4n) is 4.81. The Morgan fingerprint density at radius 3 is 1.90 bits per heavy atom. The number of anilines is 3. The maximum absolute atomic E-state index is 10.1. The monoisotopic (exact) mass is 424 g/mol. The average Bonchev–Trinajstić information content (AvgIpc) is 3.51. The number of phenols is 2. The number of hydrogen-bond donors (Lipinski definition) is 2. The fourth-order valence-corrected chi connectivity index (χ4v) is 4.81. The molecule has 31 heavy (non-hydrogen) atoms. The number of benzene rings is 1. The molecule has 1 aromatic carbocycles. The Kier molecular flexibility index (Phi) is 5.72. The summed E-state index contributed by atoms with van der Waals surface area (Å²) in [7, 11) is 0. The first-order valence-corrected chi connectivity index (χ1v) is 11.5. The predicted molar refractivity (Wildman–Crippen MR) is 122 cm³/mol. The molecule has 3 aliphatic rings. The second-order valence-electron chi connectivity index (χ2n) is 8.85. The van der Waals surface area contributed by atoms with E-state index in [2.05, 4.69) is 25.7 Å². The van der Waals surface area contributed by atoms with Gasteiger partial charge in [0.25, 0.3) is 0 Å². The minimum Gasteiger partial charge on any atom is -0.508 e. The van der Waals surface area contributed by atoms with Gasteiger partial charge in [0, 0.05) is 70.5 Å². The van der Waals surface area contributed by atoms with E-state index in [1.54, 1.807) is 12.1 Å². The summed E-state index contributed by atoms with van der Waals surface area (Å²) in [6.45, 7) is 8.43. The van der Waals surface area contributed by atoms with Crippen molar-refractivity contribution in [3.05, 3.63) is 29.8 Å². The van der Waals surface area contributed by atoms with Crippen LogP contribution >= 0.6 is 0 Å². The zero-order chi connectivity index (χ0) is 21.2. The van der Waals surface area contributed by atoms with Crippen LogP contribution in [0.15, 0.2) is 24.3 Å². The van der Waals surface area contributed by atoms with Crippen LogP contribution in [0.4, 0.5) is 17.6 Å². The van der Waals surface area contributed by atoms with Crippen molar-refractivity contribution in [1.82, 2.24) is 14.9 Å². The normalized spacial score (nSPS) is 20.1. The van der Waals surface area contributed by atoms with E-state index in [0.29, 0.717) is 6.54 Å². The molecule has 3 fully saturated rings. The van der Waals surface area contributed by atoms with E-state index in [-0.39, 0.29) is 11.5 Å². The van der Waals surface area contributed by atoms with Crippen LogP contribution < -0.4 is 14.7 Å². The van der Waals surface area contributed by atoms with Crippen LogP contribution in [0.3, 0.4) is 0 Å². The van der Waals surface area contributed by atoms with Crippen LogP contribution in [-0.4, -0.2) is 77.4 Å². The largest absolute Gasteiger partial charge is 0.508 e. The van der Waals surface area contributed by atoms with Crippen molar-refractivity contribution in [3.8, 4) is 11.5 Å². The van der Waals surface area contributed by atoms with Gasteiger partial charge >= 0.3 is 0 Å². The molecule has 0 radical (unpaired) electrons. The highest BCUT2D eigenvalue weighted by molar-refractivity contribution is 5.56. The maximum atomic E-state index is 10.1. The molecule has 3 aliphatic heterocycles. The number of rotatable bonds is 5. The van der Waals surface area contributed by atoms with Gasteiger partial charge in [0.2, 0.25) is 5.95 Å². The second-order valence-corrected chi connectivity index (χ2v) is 8.85. The van der Waals surface area contributed by atoms with Gasteiger partial charge in [-0.1, -0.05) is 0 Å². The summed E-state index contributed by atoms with van der Waals surface area (Å²) in [6.07, 6.45) is 4.90. The second kappa shape index (κ2) is 8.78. The molecule has 0 bridgehead atoms. The Balaban J connectivity index is 1.30. The van der Waals surface area contributed by atoms with Crippen LogP contribution in [0.25, 0.3) is 0 Å². The lowest BCUT2D eigenvalue weighted by Crippen LogP contribution is -2.46. The lowest BCUT2D eigenvalue weighted by molar-refractivity contribution is 0.246. The lowest BCUT2D eigenvalue weighted by Gasteiger charge is -2.36. The maximum Gasteiger partial charge on any atom is 0.229 e. The molecule has 0 aliphatic carbocycles. The van der Waals surface area contributed by atoms with Crippen LogP contribution in [-0.2, 0) is 6.54 Å². The Morgan fingerprint density at radius 1 is 0.677 bits per heavy atom. The highest BCUT2D eigenvalue weighted by atomic mass is 16.3. The van der Waals surface area contributed by atoms with E-state index in [4.69, 9.17) is 9.97 Å². The number of nitrogens with zero attached hydrogens (tertiary/aromatic N) is 6. The molecule has 0 unspecified atom stereocenters. The Bertz CT molecular complexity index is 869. The summed E-state index contributed by atoms with van der Waals surface area (Å²) in [5, 5.41) is 19.8. The molecule has 1 aromatic heterocycles. The molecular formula is C23H32N6O2. The minimum atomic E-state index is 0.191. The van der Waals surface area contributed by atoms with Gasteiger partial charge < -0.3 is 24.9 Å². The molecule has 3 saturated heterocycles. The number of aromatic nitrogens is 2. The van der Waals surface area contributed by atoms with E-state index >= 15 is 0 Å². The summed E-state index contributed by atoms with van der Waals surface area (Å²) in [4.78, 5) is 19.3. The van der Waals surface area contributed by atoms with E-state index < -0.39 is 0 Å². The fraction of sp³-hybridized carbons (Fsp3) is 0.565. The molecule has 166 valence electrons. The van der Waals surface area contributed by atoms with Crippen LogP contribution in [0.2, 0.25) is 0 Å². The zero-order valence-corrected chi connectivity index (χ0v) is 18.1. The van der Waals surface area contributed by atoms with Crippen molar-refractivity contribution in [2.75, 3.05) is 67.1 Å². The van der Waals surface area contributed by atoms with Crippen LogP contribution in [0, 0.1) is 0 Å². The van der Waals surface area contributed by atoms with Crippen molar-refractivity contribution < 1.29 is 10.2 Å². The Hall–Kier alpha value is -2.74. The van der Waals surface area contributed by atoms with Gasteiger partial charge in [-0.25, -0.2) is 0 Å². The van der Waals surface area contributed by atoms with Gasteiger partial charge in [0.1, 0.15) is 23.1 Å². The van der Waals surface area contributed by atoms with Gasteiger partial charge in [-0.15, -0.1) is 0 Å². The number of piperazine rings is 1. The third-order valence-corrected chi connectivity index (χ3v) is 6.66. The summed E-state index contributed by atoms with van der Waals surface area (Å²) < 4.78 is 0. The average molecular weight is 425 g/mol. The molecule has 0 spiro atoms. The SMILES string of the molecule is Oc1ccc(O)c(CN2CCN(c3cc(N4CCCC4)nc(N4CCCC4)n3)CC2)c1. The first-order valence-electron chi connectivity index (χ1n) is 11.5. The van der Waals surface area contributed by atoms with Crippen molar-refractivity contribution >= 4 is 17.6 Å². The molecule has 5 rings (SSSR count). The molecule has 0 saturated carbocycles. The molecule has 8 nitrogen and oxygen atoms in total. The number of aromatic hydroxyl groups is 2. The van der Waals surface area contributed by atoms with Crippen molar-refractivity contribution in [3.63, 3.8) is 0 Å². The van der Waals surface area contributed by atoms with E-state index in [0.717, 1.165) is 75.5 Å². The predicted octanol–water partition coefficient (Wildman–Crippen LogP) is 2.41. The highest BCUT2D eigenvalue weighted by Crippen LogP contribution is 2.28. The molecular weight excluding hydrogens is 392 g/mol. The lowest BCUT2D eigenvalue weighted by atomic mass is 10.1. The van der Waals surface area contributed by atoms with Gasteiger partial charge in [-0.2, -0.15) is 9.97 Å². The zero-order valence-electron chi connectivity index (χ0n) is 18.1. The topological polar surface area (TPSA) is 79.2 Å². The molecule has 8 heteroatoms. The highest BCUT2D eigenvalue weighted by Gasteiger charge is 2.24. The van der Waals surface area contributed by atoms with Gasteiger partial charge in [0.05, 0.1) is 0 Å². The van der Waals surface area contributed by atoms with Crippen molar-refractivity contribution in [2.45, 2.75) is 32.2 Å². The van der Waals surface area contributed by atoms with Crippen LogP contribution in [0.1, 0.15) is 31.2 Å². The first-order chi connectivity index (χ1) is 15.2. The van der Waals surface area contributed by atoms with E-state index in [9.17, 15) is 10.2 Å². The third-order valence-electron chi connectivity index (χ3n) is 6.66. The Morgan fingerprint density at radius 2 is 1.26 bits per heavy atom. The molecule has 2 N–H and O–H groups in total. The standard InChI is InChI=1S/C23H32N6O2/c30-19-5-6-20(31)18(15-19)17-26-11-13-28(14-12-26)22-16-21(27-7-1-2-8-27)24-23(25-22)29-9-3-4-10-29/h5-6,15-16,30-31H,1-4,7-14,17H2. The van der Waals surface area contributed by atoms with Gasteiger partial charge in [-0.3, -0.25) is 4.90 Å². The summed E-state index contributed by atoms with van der Waals surface area (Å²) in [6, 6.07) is 6.89. The van der Waals surface area contributed by atoms with Gasteiger partial charge in [-0.05, 0) is 43.9 Å². The van der Waals surface area contributed by atoms with Crippen LogP contribution in [0.5, 0.6) is 11.5 Å². The minimum absolute atomic E-state index is 0.191. The van der Waals surface area contributed by atoms with E-state index in [1.165, 1.54) is 31.7 Å². The van der Waals surface area contributed by atoms with Crippen molar-refractivity contribution in [2.24, 2.45) is 0 Å². The summed E-state index contributed by atoms with van der Waals surface area (Å²) in [5.74, 6) is 3.40. The van der Waals surface area contributed by atoms with E-state index in [1.807, 2.05) is 0 Å².